The van der Waals surface area contributed by atoms with E-state index in [1.807, 2.05) is 13.2 Å². The molecule has 17 heavy (non-hydrogen) atoms. The fourth-order valence-corrected chi connectivity index (χ4v) is 1.76. The predicted molar refractivity (Wildman–Crippen MR) is 65.5 cm³/mol. The molecule has 2 heterocycles. The van der Waals surface area contributed by atoms with Crippen molar-refractivity contribution >= 4 is 11.6 Å². The molecule has 0 spiro atoms. The van der Waals surface area contributed by atoms with Crippen LogP contribution in [0.5, 0.6) is 0 Å². The van der Waals surface area contributed by atoms with Crippen molar-refractivity contribution in [1.82, 2.24) is 14.8 Å². The van der Waals surface area contributed by atoms with Gasteiger partial charge in [0.15, 0.2) is 0 Å². The van der Waals surface area contributed by atoms with Crippen molar-refractivity contribution in [2.45, 2.75) is 26.7 Å². The predicted octanol–water partition coefficient (Wildman–Crippen LogP) is 1.40. The lowest BCUT2D eigenvalue weighted by atomic mass is 10.1. The normalized spacial score (nSPS) is 15.9. The molecule has 1 aromatic rings. The summed E-state index contributed by atoms with van der Waals surface area (Å²) in [5.74, 6) is 0.671. The van der Waals surface area contributed by atoms with Gasteiger partial charge in [-0.15, -0.1) is 0 Å². The van der Waals surface area contributed by atoms with E-state index in [2.05, 4.69) is 24.0 Å². The maximum Gasteiger partial charge on any atom is 0.248 e. The van der Waals surface area contributed by atoms with E-state index in [9.17, 15) is 4.79 Å². The maximum absolute atomic E-state index is 11.8. The molecule has 0 fully saturated rings. The zero-order chi connectivity index (χ0) is 12.4. The first-order valence-corrected chi connectivity index (χ1v) is 5.93. The van der Waals surface area contributed by atoms with Crippen molar-refractivity contribution in [3.05, 3.63) is 18.0 Å². The Morgan fingerprint density at radius 1 is 1.47 bits per heavy atom. The van der Waals surface area contributed by atoms with Crippen LogP contribution in [0.15, 0.2) is 17.5 Å². The van der Waals surface area contributed by atoms with E-state index < -0.39 is 0 Å². The van der Waals surface area contributed by atoms with Crippen LogP contribution in [0.1, 0.15) is 32.3 Å². The van der Waals surface area contributed by atoms with Crippen LogP contribution in [0, 0.1) is 5.92 Å². The quantitative estimate of drug-likeness (QED) is 0.790. The Kier molecular flexibility index (Phi) is 3.26. The largest absolute Gasteiger partial charge is 0.275 e. The highest BCUT2D eigenvalue weighted by atomic mass is 16.2. The summed E-state index contributed by atoms with van der Waals surface area (Å²) in [5.41, 5.74) is 1.76. The molecule has 0 saturated heterocycles. The van der Waals surface area contributed by atoms with Crippen LogP contribution in [0.3, 0.4) is 0 Å². The number of rotatable bonds is 4. The number of carbonyl (C=O) groups excluding carboxylic acids is 1. The third-order valence-electron chi connectivity index (χ3n) is 2.80. The van der Waals surface area contributed by atoms with Gasteiger partial charge in [0.05, 0.1) is 18.3 Å². The van der Waals surface area contributed by atoms with Crippen LogP contribution in [0.25, 0.3) is 0 Å². The number of hydrazone groups is 1. The van der Waals surface area contributed by atoms with Gasteiger partial charge in [0.1, 0.15) is 0 Å². The molecule has 1 aliphatic rings. The van der Waals surface area contributed by atoms with Gasteiger partial charge in [0.2, 0.25) is 5.91 Å². The van der Waals surface area contributed by atoms with Crippen LogP contribution in [0.4, 0.5) is 0 Å². The summed E-state index contributed by atoms with van der Waals surface area (Å²) in [5, 5.41) is 10.0. The molecule has 0 bridgehead atoms. The first kappa shape index (κ1) is 11.8. The summed E-state index contributed by atoms with van der Waals surface area (Å²) >= 11 is 0. The average molecular weight is 234 g/mol. The molecule has 92 valence electrons. The van der Waals surface area contributed by atoms with Crippen LogP contribution in [-0.4, -0.2) is 33.0 Å². The van der Waals surface area contributed by atoms with Crippen molar-refractivity contribution < 1.29 is 4.79 Å². The van der Waals surface area contributed by atoms with Crippen LogP contribution >= 0.6 is 0 Å². The second-order valence-electron chi connectivity index (χ2n) is 4.83. The number of aryl methyl sites for hydroxylation is 1. The molecule has 1 aliphatic heterocycles. The molecular formula is C12H18N4O. The van der Waals surface area contributed by atoms with Gasteiger partial charge in [-0.25, -0.2) is 5.01 Å². The first-order chi connectivity index (χ1) is 8.06. The Morgan fingerprint density at radius 2 is 2.24 bits per heavy atom. The molecule has 5 heteroatoms. The number of aromatic nitrogens is 2. The summed E-state index contributed by atoms with van der Waals surface area (Å²) in [7, 11) is 1.86. The fourth-order valence-electron chi connectivity index (χ4n) is 1.76. The summed E-state index contributed by atoms with van der Waals surface area (Å²) in [6, 6.07) is 0. The Labute approximate surface area is 101 Å². The number of amides is 1. The SMILES string of the molecule is CC(C)CCN1N=C(c2cnn(C)c2)CC1=O. The summed E-state index contributed by atoms with van der Waals surface area (Å²) in [4.78, 5) is 11.8. The molecule has 0 N–H and O–H groups in total. The zero-order valence-corrected chi connectivity index (χ0v) is 10.6. The van der Waals surface area contributed by atoms with E-state index in [0.717, 1.165) is 17.7 Å². The van der Waals surface area contributed by atoms with Gasteiger partial charge in [0.25, 0.3) is 0 Å². The standard InChI is InChI=1S/C12H18N4O/c1-9(2)4-5-16-12(17)6-11(14-16)10-7-13-15(3)8-10/h7-9H,4-6H2,1-3H3. The minimum atomic E-state index is 0.0875. The molecule has 0 unspecified atom stereocenters. The van der Waals surface area contributed by atoms with E-state index in [0.29, 0.717) is 18.9 Å². The lowest BCUT2D eigenvalue weighted by molar-refractivity contribution is -0.128. The molecule has 1 aromatic heterocycles. The number of hydrogen-bond donors (Lipinski definition) is 0. The number of nitrogens with zero attached hydrogens (tertiary/aromatic N) is 4. The van der Waals surface area contributed by atoms with Gasteiger partial charge in [-0.1, -0.05) is 13.8 Å². The minimum absolute atomic E-state index is 0.0875. The smallest absolute Gasteiger partial charge is 0.248 e. The monoisotopic (exact) mass is 234 g/mol. The van der Waals surface area contributed by atoms with E-state index in [4.69, 9.17) is 0 Å². The third-order valence-corrected chi connectivity index (χ3v) is 2.80. The lowest BCUT2D eigenvalue weighted by Crippen LogP contribution is -2.22. The minimum Gasteiger partial charge on any atom is -0.275 e. The van der Waals surface area contributed by atoms with Crippen LogP contribution in [-0.2, 0) is 11.8 Å². The van der Waals surface area contributed by atoms with Crippen molar-refractivity contribution in [2.75, 3.05) is 6.54 Å². The molecule has 1 amide bonds. The molecular weight excluding hydrogens is 216 g/mol. The van der Waals surface area contributed by atoms with Crippen molar-refractivity contribution in [2.24, 2.45) is 18.1 Å². The maximum atomic E-state index is 11.8. The van der Waals surface area contributed by atoms with E-state index in [-0.39, 0.29) is 5.91 Å². The Morgan fingerprint density at radius 3 is 2.82 bits per heavy atom. The van der Waals surface area contributed by atoms with E-state index in [1.165, 1.54) is 0 Å². The van der Waals surface area contributed by atoms with Crippen LogP contribution in [0.2, 0.25) is 0 Å². The molecule has 0 radical (unpaired) electrons. The summed E-state index contributed by atoms with van der Waals surface area (Å²) in [6.07, 6.45) is 5.01. The van der Waals surface area contributed by atoms with Gasteiger partial charge in [-0.05, 0) is 12.3 Å². The Balaban J connectivity index is 2.06. The van der Waals surface area contributed by atoms with Crippen molar-refractivity contribution in [1.29, 1.82) is 0 Å². The van der Waals surface area contributed by atoms with Gasteiger partial charge in [-0.3, -0.25) is 9.48 Å². The van der Waals surface area contributed by atoms with E-state index in [1.54, 1.807) is 15.9 Å². The second kappa shape index (κ2) is 4.69. The van der Waals surface area contributed by atoms with Crippen molar-refractivity contribution in [3.8, 4) is 0 Å². The second-order valence-corrected chi connectivity index (χ2v) is 4.83. The highest BCUT2D eigenvalue weighted by molar-refractivity contribution is 6.13. The summed E-state index contributed by atoms with van der Waals surface area (Å²) in [6.45, 7) is 5.00. The first-order valence-electron chi connectivity index (χ1n) is 5.93. The zero-order valence-electron chi connectivity index (χ0n) is 10.6. The Hall–Kier alpha value is -1.65. The van der Waals surface area contributed by atoms with Gasteiger partial charge in [0, 0.05) is 25.4 Å². The third kappa shape index (κ3) is 2.72. The fraction of sp³-hybridized carbons (Fsp3) is 0.583. The molecule has 2 rings (SSSR count). The van der Waals surface area contributed by atoms with Crippen molar-refractivity contribution in [3.63, 3.8) is 0 Å². The molecule has 0 aromatic carbocycles. The number of hydrogen-bond acceptors (Lipinski definition) is 3. The van der Waals surface area contributed by atoms with E-state index >= 15 is 0 Å². The lowest BCUT2D eigenvalue weighted by Gasteiger charge is -2.12. The Bertz CT molecular complexity index is 447. The summed E-state index contributed by atoms with van der Waals surface area (Å²) < 4.78 is 1.72. The average Bonchev–Trinajstić information content (AvgIpc) is 2.82. The molecule has 0 saturated carbocycles. The molecule has 0 atom stereocenters. The van der Waals surface area contributed by atoms with Crippen LogP contribution < -0.4 is 0 Å². The topological polar surface area (TPSA) is 50.5 Å². The van der Waals surface area contributed by atoms with Gasteiger partial charge in [-0.2, -0.15) is 10.2 Å². The number of carbonyl (C=O) groups is 1. The van der Waals surface area contributed by atoms with Gasteiger partial charge < -0.3 is 0 Å². The highest BCUT2D eigenvalue weighted by Crippen LogP contribution is 2.15. The van der Waals surface area contributed by atoms with Gasteiger partial charge >= 0.3 is 0 Å². The highest BCUT2D eigenvalue weighted by Gasteiger charge is 2.25. The molecule has 0 aliphatic carbocycles. The molecule has 5 nitrogen and oxygen atoms in total.